The van der Waals surface area contributed by atoms with E-state index in [1.807, 2.05) is 31.2 Å². The summed E-state index contributed by atoms with van der Waals surface area (Å²) in [6, 6.07) is 7.86. The second-order valence-electron chi connectivity index (χ2n) is 6.55. The van der Waals surface area contributed by atoms with Gasteiger partial charge in [-0.05, 0) is 13.8 Å². The smallest absolute Gasteiger partial charge is 0.409 e. The Morgan fingerprint density at radius 1 is 1.03 bits per heavy atom. The van der Waals surface area contributed by atoms with Crippen molar-refractivity contribution in [2.75, 3.05) is 39.4 Å². The van der Waals surface area contributed by atoms with Crippen LogP contribution in [0.1, 0.15) is 23.0 Å². The van der Waals surface area contributed by atoms with Crippen LogP contribution in [0.4, 0.5) is 4.79 Å². The normalized spacial score (nSPS) is 13.9. The molecule has 2 heterocycles. The molecule has 0 N–H and O–H groups in total. The lowest BCUT2D eigenvalue weighted by molar-refractivity contribution is -0.136. The third kappa shape index (κ3) is 5.32. The van der Waals surface area contributed by atoms with E-state index < -0.39 is 5.97 Å². The highest BCUT2D eigenvalue weighted by Crippen LogP contribution is 2.24. The Balaban J connectivity index is 1.48. The van der Waals surface area contributed by atoms with E-state index in [2.05, 4.69) is 4.98 Å². The summed E-state index contributed by atoms with van der Waals surface area (Å²) in [6.07, 6.45) is -0.376. The van der Waals surface area contributed by atoms with Crippen LogP contribution in [0.3, 0.4) is 0 Å². The van der Waals surface area contributed by atoms with Crippen LogP contribution in [0, 0.1) is 6.92 Å². The number of carbonyl (C=O) groups excluding carboxylic acids is 3. The van der Waals surface area contributed by atoms with E-state index in [0.29, 0.717) is 32.8 Å². The van der Waals surface area contributed by atoms with Crippen molar-refractivity contribution < 1.29 is 23.9 Å². The summed E-state index contributed by atoms with van der Waals surface area (Å²) in [5.41, 5.74) is 2.26. The third-order valence-corrected chi connectivity index (χ3v) is 5.39. The number of ether oxygens (including phenoxy) is 2. The molecule has 0 bridgehead atoms. The first kappa shape index (κ1) is 20.8. The fourth-order valence-corrected chi connectivity index (χ4v) is 3.64. The quantitative estimate of drug-likeness (QED) is 0.695. The Morgan fingerprint density at radius 3 is 2.34 bits per heavy atom. The van der Waals surface area contributed by atoms with Crippen molar-refractivity contribution in [2.24, 2.45) is 0 Å². The number of hydrogen-bond donors (Lipinski definition) is 0. The van der Waals surface area contributed by atoms with Crippen molar-refractivity contribution >= 4 is 29.3 Å². The topological polar surface area (TPSA) is 89.0 Å². The fourth-order valence-electron chi connectivity index (χ4n) is 2.84. The van der Waals surface area contributed by atoms with E-state index in [1.165, 1.54) is 11.3 Å². The van der Waals surface area contributed by atoms with Gasteiger partial charge in [0.25, 0.3) is 5.91 Å². The Hall–Kier alpha value is -2.94. The molecule has 1 aliphatic heterocycles. The van der Waals surface area contributed by atoms with Gasteiger partial charge in [0.15, 0.2) is 12.3 Å². The van der Waals surface area contributed by atoms with Crippen LogP contribution in [-0.4, -0.2) is 72.1 Å². The van der Waals surface area contributed by atoms with Crippen molar-refractivity contribution in [3.8, 4) is 10.6 Å². The van der Waals surface area contributed by atoms with Gasteiger partial charge in [-0.1, -0.05) is 29.8 Å². The maximum absolute atomic E-state index is 12.3. The van der Waals surface area contributed by atoms with E-state index in [-0.39, 0.29) is 24.3 Å². The van der Waals surface area contributed by atoms with Gasteiger partial charge in [-0.25, -0.2) is 14.6 Å². The molecule has 2 amide bonds. The lowest BCUT2D eigenvalue weighted by Gasteiger charge is -2.33. The van der Waals surface area contributed by atoms with E-state index >= 15 is 0 Å². The molecule has 0 saturated carbocycles. The molecule has 154 valence electrons. The second kappa shape index (κ2) is 9.51. The SMILES string of the molecule is CCOC(=O)N1CCN(C(=O)COC(=O)c2csc(-c3ccc(C)cc3)n2)CC1. The number of carbonyl (C=O) groups is 3. The molecule has 0 unspecified atom stereocenters. The average Bonchev–Trinajstić information content (AvgIpc) is 3.23. The summed E-state index contributed by atoms with van der Waals surface area (Å²) in [7, 11) is 0. The van der Waals surface area contributed by atoms with E-state index in [4.69, 9.17) is 9.47 Å². The summed E-state index contributed by atoms with van der Waals surface area (Å²) in [5, 5.41) is 2.35. The summed E-state index contributed by atoms with van der Waals surface area (Å²) in [5.74, 6) is -0.922. The molecule has 1 aromatic carbocycles. The number of rotatable bonds is 5. The number of hydrogen-bond acceptors (Lipinski definition) is 7. The molecule has 9 heteroatoms. The van der Waals surface area contributed by atoms with Gasteiger partial charge in [0.05, 0.1) is 6.61 Å². The lowest BCUT2D eigenvalue weighted by atomic mass is 10.2. The first-order valence-corrected chi connectivity index (χ1v) is 10.2. The van der Waals surface area contributed by atoms with Crippen molar-refractivity contribution in [2.45, 2.75) is 13.8 Å². The summed E-state index contributed by atoms with van der Waals surface area (Å²) >= 11 is 1.35. The monoisotopic (exact) mass is 417 g/mol. The fraction of sp³-hybridized carbons (Fsp3) is 0.400. The minimum atomic E-state index is -0.627. The van der Waals surface area contributed by atoms with Gasteiger partial charge in [-0.15, -0.1) is 11.3 Å². The Kier molecular flexibility index (Phi) is 6.82. The van der Waals surface area contributed by atoms with Crippen molar-refractivity contribution in [1.82, 2.24) is 14.8 Å². The lowest BCUT2D eigenvalue weighted by Crippen LogP contribution is -2.51. The number of benzene rings is 1. The van der Waals surface area contributed by atoms with Crippen LogP contribution in [0.2, 0.25) is 0 Å². The minimum Gasteiger partial charge on any atom is -0.451 e. The number of esters is 1. The molecule has 1 aromatic heterocycles. The van der Waals surface area contributed by atoms with Crippen LogP contribution < -0.4 is 0 Å². The Bertz CT molecular complexity index is 872. The second-order valence-corrected chi connectivity index (χ2v) is 7.40. The first-order chi connectivity index (χ1) is 14.0. The van der Waals surface area contributed by atoms with Gasteiger partial charge in [0, 0.05) is 37.1 Å². The summed E-state index contributed by atoms with van der Waals surface area (Å²) in [4.78, 5) is 43.6. The van der Waals surface area contributed by atoms with E-state index in [0.717, 1.165) is 16.1 Å². The van der Waals surface area contributed by atoms with E-state index in [1.54, 1.807) is 22.1 Å². The summed E-state index contributed by atoms with van der Waals surface area (Å²) in [6.45, 7) is 5.26. The van der Waals surface area contributed by atoms with Gasteiger partial charge in [0.1, 0.15) is 5.01 Å². The average molecular weight is 417 g/mol. The van der Waals surface area contributed by atoms with Crippen molar-refractivity contribution in [3.63, 3.8) is 0 Å². The molecular weight excluding hydrogens is 394 g/mol. The molecule has 2 aromatic rings. The van der Waals surface area contributed by atoms with Crippen LogP contribution >= 0.6 is 11.3 Å². The number of thiazole rings is 1. The Labute approximate surface area is 173 Å². The molecule has 8 nitrogen and oxygen atoms in total. The molecular formula is C20H23N3O5S. The molecule has 3 rings (SSSR count). The molecule has 0 aliphatic carbocycles. The number of amides is 2. The summed E-state index contributed by atoms with van der Waals surface area (Å²) < 4.78 is 10.1. The standard InChI is InChI=1S/C20H23N3O5S/c1-3-27-20(26)23-10-8-22(9-11-23)17(24)12-28-19(25)16-13-29-18(21-16)15-6-4-14(2)5-7-15/h4-7,13H,3,8-12H2,1-2H3. The molecule has 1 fully saturated rings. The first-order valence-electron chi connectivity index (χ1n) is 9.37. The highest BCUT2D eigenvalue weighted by atomic mass is 32.1. The third-order valence-electron chi connectivity index (χ3n) is 4.50. The maximum Gasteiger partial charge on any atom is 0.409 e. The number of piperazine rings is 1. The molecule has 1 saturated heterocycles. The zero-order valence-electron chi connectivity index (χ0n) is 16.4. The van der Waals surface area contributed by atoms with Crippen LogP contribution in [-0.2, 0) is 14.3 Å². The molecule has 0 radical (unpaired) electrons. The van der Waals surface area contributed by atoms with Gasteiger partial charge >= 0.3 is 12.1 Å². The van der Waals surface area contributed by atoms with Crippen molar-refractivity contribution in [3.05, 3.63) is 40.9 Å². The maximum atomic E-state index is 12.3. The van der Waals surface area contributed by atoms with Crippen LogP contribution in [0.5, 0.6) is 0 Å². The van der Waals surface area contributed by atoms with Gasteiger partial charge in [0.2, 0.25) is 0 Å². The number of nitrogens with zero attached hydrogens (tertiary/aromatic N) is 3. The van der Waals surface area contributed by atoms with Gasteiger partial charge in [-0.3, -0.25) is 4.79 Å². The largest absolute Gasteiger partial charge is 0.451 e. The van der Waals surface area contributed by atoms with Crippen LogP contribution in [0.15, 0.2) is 29.6 Å². The Morgan fingerprint density at radius 2 is 1.69 bits per heavy atom. The highest BCUT2D eigenvalue weighted by molar-refractivity contribution is 7.13. The highest BCUT2D eigenvalue weighted by Gasteiger charge is 2.25. The zero-order valence-corrected chi connectivity index (χ0v) is 17.2. The predicted octanol–water partition coefficient (Wildman–Crippen LogP) is 2.58. The van der Waals surface area contributed by atoms with Gasteiger partial charge < -0.3 is 19.3 Å². The molecule has 1 aliphatic rings. The molecule has 0 atom stereocenters. The molecule has 29 heavy (non-hydrogen) atoms. The minimum absolute atomic E-state index is 0.186. The van der Waals surface area contributed by atoms with Gasteiger partial charge in [-0.2, -0.15) is 0 Å². The van der Waals surface area contributed by atoms with E-state index in [9.17, 15) is 14.4 Å². The molecule has 0 spiro atoms. The predicted molar refractivity (Wildman–Crippen MR) is 108 cm³/mol. The van der Waals surface area contributed by atoms with Crippen LogP contribution in [0.25, 0.3) is 10.6 Å². The number of aryl methyl sites for hydroxylation is 1. The number of aromatic nitrogens is 1. The van der Waals surface area contributed by atoms with Crippen molar-refractivity contribution in [1.29, 1.82) is 0 Å². The zero-order chi connectivity index (χ0) is 20.8.